The van der Waals surface area contributed by atoms with Gasteiger partial charge in [0, 0.05) is 12.1 Å². The molecule has 0 unspecified atom stereocenters. The molecule has 2 aromatic carbocycles. The molecule has 17 heteroatoms. The van der Waals surface area contributed by atoms with Gasteiger partial charge in [0.15, 0.2) is 0 Å². The summed E-state index contributed by atoms with van der Waals surface area (Å²) in [7, 11) is -3.91. The van der Waals surface area contributed by atoms with E-state index in [1.807, 2.05) is 13.0 Å². The highest BCUT2D eigenvalue weighted by molar-refractivity contribution is 8.01. The number of halogens is 3. The van der Waals surface area contributed by atoms with Crippen molar-refractivity contribution in [2.75, 3.05) is 18.1 Å². The number of sulfone groups is 1. The summed E-state index contributed by atoms with van der Waals surface area (Å²) in [6.45, 7) is 2.21. The Bertz CT molecular complexity index is 1640. The van der Waals surface area contributed by atoms with Crippen LogP contribution in [0.5, 0.6) is 0 Å². The van der Waals surface area contributed by atoms with Gasteiger partial charge < -0.3 is 27.2 Å². The van der Waals surface area contributed by atoms with E-state index in [9.17, 15) is 31.2 Å². The van der Waals surface area contributed by atoms with Crippen molar-refractivity contribution in [3.63, 3.8) is 0 Å². The summed E-state index contributed by atoms with van der Waals surface area (Å²) in [5, 5.41) is 22.1. The zero-order valence-corrected chi connectivity index (χ0v) is 26.6. The number of hydrogen-bond donors (Lipinski definition) is 6. The summed E-state index contributed by atoms with van der Waals surface area (Å²) in [6.07, 6.45) is -2.48. The van der Waals surface area contributed by atoms with E-state index in [0.717, 1.165) is 16.9 Å². The van der Waals surface area contributed by atoms with Crippen molar-refractivity contribution in [2.45, 2.75) is 52.4 Å². The highest BCUT2D eigenvalue weighted by atomic mass is 32.2. The van der Waals surface area contributed by atoms with Crippen molar-refractivity contribution >= 4 is 62.7 Å². The summed E-state index contributed by atoms with van der Waals surface area (Å²) in [4.78, 5) is 32.7. The van der Waals surface area contributed by atoms with Gasteiger partial charge in [0.1, 0.15) is 11.9 Å². The second-order valence-electron chi connectivity index (χ2n) is 9.39. The lowest BCUT2D eigenvalue weighted by Gasteiger charge is -2.16. The van der Waals surface area contributed by atoms with E-state index in [2.05, 4.69) is 10.6 Å². The number of carboxylic acid groups (broad SMARTS) is 1. The molecule has 2 amide bonds. The third-order valence-corrected chi connectivity index (χ3v) is 10.4. The molecule has 45 heavy (non-hydrogen) atoms. The van der Waals surface area contributed by atoms with Gasteiger partial charge >= 0.3 is 18.2 Å². The number of carbonyl (C=O) groups is 3. The summed E-state index contributed by atoms with van der Waals surface area (Å²) >= 11 is 2.44. The van der Waals surface area contributed by atoms with Crippen molar-refractivity contribution in [3.8, 4) is 11.1 Å². The average Bonchev–Trinajstić information content (AvgIpc) is 3.43. The number of rotatable bonds is 12. The fraction of sp³-hybridized carbons (Fsp3) is 0.286. The first-order valence-electron chi connectivity index (χ1n) is 13.1. The highest BCUT2D eigenvalue weighted by Gasteiger charge is 2.26. The van der Waals surface area contributed by atoms with Gasteiger partial charge in [-0.25, -0.2) is 13.2 Å². The number of thiophene rings is 1. The molecule has 0 spiro atoms. The third kappa shape index (κ3) is 10.9. The number of carboxylic acids is 1. The standard InChI is InChI=1S/C26H31N5O5S3.C2HF3O/c1-15-7-5-11-19(31-26(34)30-12-4-3-10-18(27)24(32)33)22(15)16-8-6-9-17(13-16)39(35,36)21-14-20(23(28)29)38-25(21)37-2;3-2(4,5)1-6/h5-9,11,13-14,18H,3-4,10,12,27H2,1-2H3,(H3,28,29)(H,32,33)(H2,30,31,34);1H/t18-;/m0./s1. The minimum atomic E-state index is -4.64. The van der Waals surface area contributed by atoms with Gasteiger partial charge in [0.2, 0.25) is 16.1 Å². The Kier molecular flexibility index (Phi) is 13.6. The number of alkyl halides is 3. The Morgan fingerprint density at radius 2 is 1.80 bits per heavy atom. The van der Waals surface area contributed by atoms with Gasteiger partial charge in [-0.15, -0.1) is 23.1 Å². The molecule has 0 aliphatic heterocycles. The summed E-state index contributed by atoms with van der Waals surface area (Å²) in [5.41, 5.74) is 13.7. The molecule has 1 atom stereocenters. The van der Waals surface area contributed by atoms with Crippen molar-refractivity contribution < 1.29 is 41.1 Å². The van der Waals surface area contributed by atoms with E-state index in [1.54, 1.807) is 36.6 Å². The van der Waals surface area contributed by atoms with E-state index < -0.39 is 40.3 Å². The first-order chi connectivity index (χ1) is 21.0. The van der Waals surface area contributed by atoms with E-state index in [-0.39, 0.29) is 15.6 Å². The summed E-state index contributed by atoms with van der Waals surface area (Å²) < 4.78 is 59.0. The lowest BCUT2D eigenvalue weighted by atomic mass is 9.98. The molecule has 0 radical (unpaired) electrons. The number of aldehydes is 1. The maximum absolute atomic E-state index is 13.6. The lowest BCUT2D eigenvalue weighted by Crippen LogP contribution is -2.31. The Balaban J connectivity index is 0.00000107. The molecule has 8 N–H and O–H groups in total. The Morgan fingerprint density at radius 3 is 2.38 bits per heavy atom. The molecule has 3 rings (SSSR count). The number of nitrogens with two attached hydrogens (primary N) is 2. The van der Waals surface area contributed by atoms with E-state index in [4.69, 9.17) is 26.8 Å². The molecule has 0 aliphatic rings. The van der Waals surface area contributed by atoms with E-state index in [0.29, 0.717) is 51.7 Å². The van der Waals surface area contributed by atoms with E-state index in [1.165, 1.54) is 23.9 Å². The molecule has 11 nitrogen and oxygen atoms in total. The number of unbranched alkanes of at least 4 members (excludes halogenated alkanes) is 1. The summed E-state index contributed by atoms with van der Waals surface area (Å²) in [6, 6.07) is 12.0. The predicted octanol–water partition coefficient (Wildman–Crippen LogP) is 5.01. The number of anilines is 1. The van der Waals surface area contributed by atoms with E-state index >= 15 is 0 Å². The maximum Gasteiger partial charge on any atom is 0.446 e. The van der Waals surface area contributed by atoms with Crippen LogP contribution in [-0.4, -0.2) is 62.7 Å². The Morgan fingerprint density at radius 1 is 1.16 bits per heavy atom. The number of hydrogen-bond acceptors (Lipinski definition) is 9. The zero-order chi connectivity index (χ0) is 33.9. The van der Waals surface area contributed by atoms with Crippen LogP contribution in [0.4, 0.5) is 23.7 Å². The van der Waals surface area contributed by atoms with Crippen LogP contribution in [0.25, 0.3) is 11.1 Å². The normalized spacial score (nSPS) is 12.0. The van der Waals surface area contributed by atoms with Crippen LogP contribution in [0.1, 0.15) is 29.7 Å². The number of amidine groups is 1. The van der Waals surface area contributed by atoms with Crippen LogP contribution in [-0.2, 0) is 19.4 Å². The van der Waals surface area contributed by atoms with Crippen LogP contribution in [0, 0.1) is 12.3 Å². The fourth-order valence-electron chi connectivity index (χ4n) is 3.90. The van der Waals surface area contributed by atoms with Crippen LogP contribution in [0.2, 0.25) is 0 Å². The molecule has 0 saturated heterocycles. The van der Waals surface area contributed by atoms with Gasteiger partial charge in [0.05, 0.1) is 24.6 Å². The second kappa shape index (κ2) is 16.4. The molecule has 1 heterocycles. The quantitative estimate of drug-likeness (QED) is 0.0497. The largest absolute Gasteiger partial charge is 0.480 e. The van der Waals surface area contributed by atoms with Crippen LogP contribution in [0.15, 0.2) is 62.5 Å². The van der Waals surface area contributed by atoms with Crippen LogP contribution >= 0.6 is 23.1 Å². The smallest absolute Gasteiger partial charge is 0.446 e. The average molecular weight is 688 g/mol. The molecule has 0 bridgehead atoms. The number of thioether (sulfide) groups is 1. The number of urea groups is 1. The molecule has 3 aromatic rings. The molecule has 0 fully saturated rings. The van der Waals surface area contributed by atoms with Gasteiger partial charge in [-0.2, -0.15) is 13.2 Å². The molecule has 1 aromatic heterocycles. The van der Waals surface area contributed by atoms with Gasteiger partial charge in [-0.1, -0.05) is 24.3 Å². The number of nitrogen functional groups attached to an aromatic ring is 1. The number of aryl methyl sites for hydroxylation is 1. The van der Waals surface area contributed by atoms with Crippen molar-refractivity contribution in [1.82, 2.24) is 5.32 Å². The first-order valence-corrected chi connectivity index (χ1v) is 16.6. The molecular formula is C28H32F3N5O6S3. The number of nitrogens with one attached hydrogen (secondary N) is 3. The highest BCUT2D eigenvalue weighted by Crippen LogP contribution is 2.38. The Labute approximate surface area is 266 Å². The molecule has 0 aliphatic carbocycles. The van der Waals surface area contributed by atoms with Gasteiger partial charge in [-0.3, -0.25) is 15.0 Å². The van der Waals surface area contributed by atoms with Gasteiger partial charge in [-0.05, 0) is 67.8 Å². The van der Waals surface area contributed by atoms with Crippen molar-refractivity contribution in [1.29, 1.82) is 5.41 Å². The number of benzene rings is 2. The SMILES string of the molecule is CSc1sc(C(=N)N)cc1S(=O)(=O)c1cccc(-c2c(C)cccc2NC(=O)NCCCC[C@H](N)C(=O)O)c1.O=CC(F)(F)F. The maximum atomic E-state index is 13.6. The number of carbonyl (C=O) groups excluding carboxylic acids is 2. The van der Waals surface area contributed by atoms with Crippen molar-refractivity contribution in [2.24, 2.45) is 11.5 Å². The topological polar surface area (TPSA) is 206 Å². The number of aliphatic carboxylic acids is 1. The van der Waals surface area contributed by atoms with Crippen LogP contribution < -0.4 is 22.1 Å². The molecular weight excluding hydrogens is 656 g/mol. The zero-order valence-electron chi connectivity index (χ0n) is 24.1. The lowest BCUT2D eigenvalue weighted by molar-refractivity contribution is -0.156. The number of amides is 2. The Hall–Kier alpha value is -3.93. The third-order valence-electron chi connectivity index (χ3n) is 6.04. The summed E-state index contributed by atoms with van der Waals surface area (Å²) in [5.74, 6) is -1.24. The fourth-order valence-corrected chi connectivity index (χ4v) is 7.80. The van der Waals surface area contributed by atoms with Crippen molar-refractivity contribution in [3.05, 3.63) is 59.0 Å². The minimum absolute atomic E-state index is 0.0847. The first kappa shape index (κ1) is 37.3. The molecule has 0 saturated carbocycles. The van der Waals surface area contributed by atoms with Crippen LogP contribution in [0.3, 0.4) is 0 Å². The second-order valence-corrected chi connectivity index (χ2v) is 13.4. The van der Waals surface area contributed by atoms with Gasteiger partial charge in [0.25, 0.3) is 0 Å². The predicted molar refractivity (Wildman–Crippen MR) is 168 cm³/mol. The monoisotopic (exact) mass is 687 g/mol. The molecule has 244 valence electrons. The minimum Gasteiger partial charge on any atom is -0.480 e.